The van der Waals surface area contributed by atoms with Crippen LogP contribution in [0.1, 0.15) is 29.6 Å². The Bertz CT molecular complexity index is 869. The van der Waals surface area contributed by atoms with Gasteiger partial charge in [0, 0.05) is 18.7 Å². The average Bonchev–Trinajstić information content (AvgIpc) is 2.64. The van der Waals surface area contributed by atoms with Crippen LogP contribution in [0.4, 0.5) is 11.4 Å². The van der Waals surface area contributed by atoms with Crippen molar-refractivity contribution in [1.82, 2.24) is 5.32 Å². The third kappa shape index (κ3) is 5.05. The molecule has 0 radical (unpaired) electrons. The summed E-state index contributed by atoms with van der Waals surface area (Å²) in [5.74, 6) is -0.368. The van der Waals surface area contributed by atoms with Gasteiger partial charge in [0.25, 0.3) is 5.91 Å². The third-order valence-electron chi connectivity index (χ3n) is 4.32. The Morgan fingerprint density at radius 2 is 1.70 bits per heavy atom. The number of nitrogens with zero attached hydrogens (tertiary/aromatic N) is 1. The number of rotatable bonds is 3. The highest BCUT2D eigenvalue weighted by atomic mass is 35.5. The second kappa shape index (κ2) is 9.11. The van der Waals surface area contributed by atoms with Crippen LogP contribution in [0, 0.1) is 0 Å². The van der Waals surface area contributed by atoms with Crippen molar-refractivity contribution in [2.45, 2.75) is 19.3 Å². The van der Waals surface area contributed by atoms with Crippen LogP contribution >= 0.6 is 47.0 Å². The number of hydrogen-bond donors (Lipinski definition) is 2. The van der Waals surface area contributed by atoms with E-state index in [-0.39, 0.29) is 11.0 Å². The molecule has 0 aromatic heterocycles. The number of carbonyl (C=O) groups is 1. The smallest absolute Gasteiger partial charge is 0.257 e. The fourth-order valence-electron chi connectivity index (χ4n) is 3.02. The Labute approximate surface area is 178 Å². The van der Waals surface area contributed by atoms with Gasteiger partial charge in [-0.25, -0.2) is 0 Å². The number of anilines is 2. The van der Waals surface area contributed by atoms with Gasteiger partial charge in [-0.1, -0.05) is 40.9 Å². The lowest BCUT2D eigenvalue weighted by molar-refractivity contribution is 0.0977. The van der Waals surface area contributed by atoms with Crippen LogP contribution in [0.15, 0.2) is 36.4 Å². The van der Waals surface area contributed by atoms with Crippen molar-refractivity contribution in [1.29, 1.82) is 0 Å². The topological polar surface area (TPSA) is 44.4 Å². The zero-order valence-electron chi connectivity index (χ0n) is 14.4. The van der Waals surface area contributed by atoms with Crippen molar-refractivity contribution in [3.63, 3.8) is 0 Å². The minimum Gasteiger partial charge on any atom is -0.369 e. The molecule has 1 amide bonds. The monoisotopic (exact) mass is 441 g/mol. The van der Waals surface area contributed by atoms with Gasteiger partial charge in [0.2, 0.25) is 0 Å². The summed E-state index contributed by atoms with van der Waals surface area (Å²) in [7, 11) is 0. The van der Waals surface area contributed by atoms with E-state index in [0.29, 0.717) is 20.6 Å². The van der Waals surface area contributed by atoms with Gasteiger partial charge in [-0.3, -0.25) is 10.1 Å². The standard InChI is InChI=1S/C19H18Cl3N3OS/c20-13-8-7-12(11-15(13)22)18(26)24-19(27)23-16-6-4-5-14(21)17(16)25-9-2-1-3-10-25/h4-8,11H,1-3,9-10H2,(H2,23,24,26,27). The van der Waals surface area contributed by atoms with E-state index in [2.05, 4.69) is 15.5 Å². The molecule has 0 unspecified atom stereocenters. The normalized spacial score (nSPS) is 14.0. The number of thiocarbonyl (C=S) groups is 1. The minimum absolute atomic E-state index is 0.187. The van der Waals surface area contributed by atoms with Gasteiger partial charge in [0.05, 0.1) is 26.4 Å². The number of amides is 1. The first-order chi connectivity index (χ1) is 13.0. The van der Waals surface area contributed by atoms with Gasteiger partial charge in [0.1, 0.15) is 0 Å². The highest BCUT2D eigenvalue weighted by Gasteiger charge is 2.18. The van der Waals surface area contributed by atoms with Crippen LogP contribution in [-0.2, 0) is 0 Å². The molecule has 4 nitrogen and oxygen atoms in total. The van der Waals surface area contributed by atoms with Crippen LogP contribution in [0.25, 0.3) is 0 Å². The van der Waals surface area contributed by atoms with E-state index in [0.717, 1.165) is 37.3 Å². The molecule has 1 saturated heterocycles. The molecule has 0 spiro atoms. The number of piperidine rings is 1. The van der Waals surface area contributed by atoms with Crippen LogP contribution in [0.5, 0.6) is 0 Å². The van der Waals surface area contributed by atoms with E-state index < -0.39 is 0 Å². The van der Waals surface area contributed by atoms with E-state index in [1.54, 1.807) is 12.1 Å². The van der Waals surface area contributed by atoms with Crippen molar-refractivity contribution >= 4 is 69.4 Å². The lowest BCUT2D eigenvalue weighted by Gasteiger charge is -2.31. The zero-order chi connectivity index (χ0) is 19.4. The summed E-state index contributed by atoms with van der Waals surface area (Å²) in [5, 5.41) is 7.29. The highest BCUT2D eigenvalue weighted by molar-refractivity contribution is 7.80. The molecule has 0 aliphatic carbocycles. The molecule has 0 atom stereocenters. The fourth-order valence-corrected chi connectivity index (χ4v) is 3.82. The van der Waals surface area contributed by atoms with Crippen LogP contribution in [0.3, 0.4) is 0 Å². The Hall–Kier alpha value is -1.53. The molecule has 27 heavy (non-hydrogen) atoms. The van der Waals surface area contributed by atoms with Crippen LogP contribution < -0.4 is 15.5 Å². The van der Waals surface area contributed by atoms with E-state index in [1.165, 1.54) is 12.5 Å². The number of benzene rings is 2. The Balaban J connectivity index is 1.73. The van der Waals surface area contributed by atoms with Crippen molar-refractivity contribution in [2.75, 3.05) is 23.3 Å². The van der Waals surface area contributed by atoms with Gasteiger partial charge in [0.15, 0.2) is 5.11 Å². The summed E-state index contributed by atoms with van der Waals surface area (Å²) in [5.41, 5.74) is 2.05. The largest absolute Gasteiger partial charge is 0.369 e. The van der Waals surface area contributed by atoms with Gasteiger partial charge >= 0.3 is 0 Å². The van der Waals surface area contributed by atoms with E-state index in [1.807, 2.05) is 18.2 Å². The second-order valence-corrected chi connectivity index (χ2v) is 7.85. The fraction of sp³-hybridized carbons (Fsp3) is 0.263. The van der Waals surface area contributed by atoms with Gasteiger partial charge < -0.3 is 10.2 Å². The first-order valence-corrected chi connectivity index (χ1v) is 10.1. The van der Waals surface area contributed by atoms with Gasteiger partial charge in [-0.05, 0) is 61.8 Å². The van der Waals surface area contributed by atoms with E-state index in [9.17, 15) is 4.79 Å². The highest BCUT2D eigenvalue weighted by Crippen LogP contribution is 2.35. The second-order valence-electron chi connectivity index (χ2n) is 6.22. The lowest BCUT2D eigenvalue weighted by Crippen LogP contribution is -2.35. The number of carbonyl (C=O) groups excluding carboxylic acids is 1. The SMILES string of the molecule is O=C(NC(=S)Nc1cccc(Cl)c1N1CCCCC1)c1ccc(Cl)c(Cl)c1. The molecule has 2 N–H and O–H groups in total. The molecule has 2 aromatic rings. The van der Waals surface area contributed by atoms with Gasteiger partial charge in [-0.15, -0.1) is 0 Å². The maximum absolute atomic E-state index is 12.4. The summed E-state index contributed by atoms with van der Waals surface area (Å²) in [6.07, 6.45) is 3.48. The summed E-state index contributed by atoms with van der Waals surface area (Å²) >= 11 is 23.6. The van der Waals surface area contributed by atoms with Crippen molar-refractivity contribution in [3.8, 4) is 0 Å². The molecular weight excluding hydrogens is 425 g/mol. The van der Waals surface area contributed by atoms with Crippen molar-refractivity contribution in [2.24, 2.45) is 0 Å². The Kier molecular flexibility index (Phi) is 6.82. The summed E-state index contributed by atoms with van der Waals surface area (Å²) < 4.78 is 0. The minimum atomic E-state index is -0.368. The summed E-state index contributed by atoms with van der Waals surface area (Å²) in [6, 6.07) is 10.3. The Morgan fingerprint density at radius 1 is 0.963 bits per heavy atom. The third-order valence-corrected chi connectivity index (χ3v) is 5.56. The predicted octanol–water partition coefficient (Wildman–Crippen LogP) is 5.76. The molecule has 3 rings (SSSR count). The molecule has 142 valence electrons. The summed E-state index contributed by atoms with van der Waals surface area (Å²) in [6.45, 7) is 1.89. The van der Waals surface area contributed by atoms with Crippen LogP contribution in [-0.4, -0.2) is 24.1 Å². The maximum atomic E-state index is 12.4. The first-order valence-electron chi connectivity index (χ1n) is 8.56. The molecule has 0 saturated carbocycles. The number of nitrogens with one attached hydrogen (secondary N) is 2. The molecule has 1 heterocycles. The number of halogens is 3. The molecular formula is C19H18Cl3N3OS. The molecule has 0 bridgehead atoms. The first kappa shape index (κ1) is 20.2. The molecule has 1 aliphatic rings. The van der Waals surface area contributed by atoms with Gasteiger partial charge in [-0.2, -0.15) is 0 Å². The summed E-state index contributed by atoms with van der Waals surface area (Å²) in [4.78, 5) is 14.6. The lowest BCUT2D eigenvalue weighted by atomic mass is 10.1. The maximum Gasteiger partial charge on any atom is 0.257 e. The zero-order valence-corrected chi connectivity index (χ0v) is 17.5. The van der Waals surface area contributed by atoms with E-state index >= 15 is 0 Å². The van der Waals surface area contributed by atoms with Crippen molar-refractivity contribution < 1.29 is 4.79 Å². The van der Waals surface area contributed by atoms with Crippen LogP contribution in [0.2, 0.25) is 15.1 Å². The number of para-hydroxylation sites is 1. The molecule has 1 aliphatic heterocycles. The molecule has 2 aromatic carbocycles. The average molecular weight is 443 g/mol. The molecule has 8 heteroatoms. The van der Waals surface area contributed by atoms with Crippen molar-refractivity contribution in [3.05, 3.63) is 57.0 Å². The molecule has 1 fully saturated rings. The predicted molar refractivity (Wildman–Crippen MR) is 118 cm³/mol. The van der Waals surface area contributed by atoms with E-state index in [4.69, 9.17) is 47.0 Å². The number of hydrogen-bond acceptors (Lipinski definition) is 3. The quantitative estimate of drug-likeness (QED) is 0.593. The Morgan fingerprint density at radius 3 is 2.41 bits per heavy atom.